The van der Waals surface area contributed by atoms with E-state index in [1.807, 2.05) is 37.3 Å². The number of allylic oxidation sites excluding steroid dienone is 2. The predicted molar refractivity (Wildman–Crippen MR) is 161 cm³/mol. The number of nitrogens with one attached hydrogen (secondary N) is 3. The molecule has 0 saturated carbocycles. The van der Waals surface area contributed by atoms with Crippen molar-refractivity contribution in [1.82, 2.24) is 16.0 Å². The molecule has 1 unspecified atom stereocenters. The minimum Gasteiger partial charge on any atom is -0.445 e. The van der Waals surface area contributed by atoms with Crippen LogP contribution < -0.4 is 21.7 Å². The molecule has 11 heteroatoms. The molecule has 2 rings (SSSR count). The van der Waals surface area contributed by atoms with Gasteiger partial charge in [-0.05, 0) is 43.2 Å². The fourth-order valence-corrected chi connectivity index (χ4v) is 4.64. The maximum Gasteiger partial charge on any atom is 0.408 e. The average molecular weight is 669 g/mol. The Morgan fingerprint density at radius 2 is 1.65 bits per heavy atom. The van der Waals surface area contributed by atoms with Gasteiger partial charge in [0.15, 0.2) is 5.78 Å². The summed E-state index contributed by atoms with van der Waals surface area (Å²) in [7, 11) is 0. The monoisotopic (exact) mass is 668 g/mol. The lowest BCUT2D eigenvalue weighted by molar-refractivity contribution is -0.135. The molecule has 40 heavy (non-hydrogen) atoms. The molecule has 0 saturated heterocycles. The third-order valence-electron chi connectivity index (χ3n) is 6.51. The third-order valence-corrected chi connectivity index (χ3v) is 7.02. The van der Waals surface area contributed by atoms with Crippen LogP contribution in [0.5, 0.6) is 0 Å². The zero-order valence-electron chi connectivity index (χ0n) is 23.4. The van der Waals surface area contributed by atoms with Gasteiger partial charge in [0.2, 0.25) is 11.8 Å². The van der Waals surface area contributed by atoms with Crippen molar-refractivity contribution in [2.45, 2.75) is 87.8 Å². The number of hydrogen-bond acceptors (Lipinski definition) is 7. The molecule has 0 bridgehead atoms. The molecule has 0 heterocycles. The van der Waals surface area contributed by atoms with Gasteiger partial charge < -0.3 is 31.5 Å². The van der Waals surface area contributed by atoms with E-state index in [1.165, 1.54) is 6.92 Å². The summed E-state index contributed by atoms with van der Waals surface area (Å²) in [6.07, 6.45) is 5.41. The number of Topliss-reactive ketones (excluding diaryl/α,β-unsaturated/α-hetero) is 1. The van der Waals surface area contributed by atoms with Gasteiger partial charge in [-0.15, -0.1) is 0 Å². The van der Waals surface area contributed by atoms with E-state index in [1.54, 1.807) is 32.1 Å². The van der Waals surface area contributed by atoms with Crippen molar-refractivity contribution in [2.24, 2.45) is 11.7 Å². The Labute approximate surface area is 249 Å². The molecule has 1 aliphatic carbocycles. The summed E-state index contributed by atoms with van der Waals surface area (Å²) < 4.78 is 5.41. The smallest absolute Gasteiger partial charge is 0.408 e. The van der Waals surface area contributed by atoms with Gasteiger partial charge in [-0.1, -0.05) is 91.9 Å². The van der Waals surface area contributed by atoms with Gasteiger partial charge in [0.05, 0.1) is 18.2 Å². The predicted octanol–water partition coefficient (Wildman–Crippen LogP) is 2.67. The lowest BCUT2D eigenvalue weighted by Gasteiger charge is -2.31. The van der Waals surface area contributed by atoms with Crippen LogP contribution in [0.3, 0.4) is 0 Å². The second-order valence-electron chi connectivity index (χ2n) is 10.3. The first-order valence-electron chi connectivity index (χ1n) is 13.4. The van der Waals surface area contributed by atoms with Crippen LogP contribution in [0.4, 0.5) is 4.79 Å². The molecule has 6 N–H and O–H groups in total. The number of aliphatic hydroxyl groups is 1. The Kier molecular flexibility index (Phi) is 13.8. The molecule has 0 spiro atoms. The summed E-state index contributed by atoms with van der Waals surface area (Å²) >= 11 is 2.16. The number of ether oxygens (including phenoxy) is 1. The van der Waals surface area contributed by atoms with Crippen molar-refractivity contribution in [3.8, 4) is 0 Å². The number of amides is 3. The fraction of sp³-hybridized carbons (Fsp3) is 0.517. The fourth-order valence-electron chi connectivity index (χ4n) is 4.13. The molecular weight excluding hydrogens is 627 g/mol. The van der Waals surface area contributed by atoms with Crippen molar-refractivity contribution < 1.29 is 29.0 Å². The Hall–Kier alpha value is -2.77. The maximum absolute atomic E-state index is 13.6. The summed E-state index contributed by atoms with van der Waals surface area (Å²) in [4.78, 5) is 51.8. The second kappa shape index (κ2) is 16.5. The number of carbonyl (C=O) groups is 4. The number of carbonyl (C=O) groups excluding carboxylic acids is 4. The molecule has 1 aliphatic rings. The zero-order chi connectivity index (χ0) is 29.8. The SMILES string of the molecule is CC(=O)[C@H](CC(C)I)NC(=O)[C@@H](NC(=O)[C@@H](NC(=O)OCc1ccccc1)[C@H](N)C1=CCCC=C1)[C@H](O)C(C)C. The maximum atomic E-state index is 13.6. The molecule has 1 aromatic rings. The second-order valence-corrected chi connectivity index (χ2v) is 12.4. The summed E-state index contributed by atoms with van der Waals surface area (Å²) in [6.45, 7) is 6.67. The van der Waals surface area contributed by atoms with E-state index in [9.17, 15) is 24.3 Å². The Morgan fingerprint density at radius 3 is 2.20 bits per heavy atom. The van der Waals surface area contributed by atoms with E-state index in [4.69, 9.17) is 10.5 Å². The van der Waals surface area contributed by atoms with Crippen LogP contribution in [0.1, 0.15) is 52.5 Å². The topological polar surface area (TPSA) is 160 Å². The number of ketones is 1. The van der Waals surface area contributed by atoms with E-state index in [0.29, 0.717) is 12.0 Å². The highest BCUT2D eigenvalue weighted by atomic mass is 127. The molecule has 0 fully saturated rings. The molecule has 3 amide bonds. The molecule has 0 aromatic heterocycles. The first-order valence-corrected chi connectivity index (χ1v) is 14.7. The van der Waals surface area contributed by atoms with Crippen molar-refractivity contribution in [3.63, 3.8) is 0 Å². The standard InChI is InChI=1S/C29H41IN4O6/c1-17(2)26(36)25(28(38)32-22(19(4)35)15-18(3)30)33-27(37)24(23(31)21-13-9-6-10-14-21)34-29(39)40-16-20-11-7-5-8-12-20/h5,7-9,11-14,17-18,22-26,36H,6,10,15-16,31H2,1-4H3,(H,32,38)(H,33,37)(H,34,39)/t18?,22-,23+,24-,25-,26+/m0/s1. The van der Waals surface area contributed by atoms with Gasteiger partial charge in [0.25, 0.3) is 0 Å². The van der Waals surface area contributed by atoms with Gasteiger partial charge in [-0.25, -0.2) is 4.79 Å². The van der Waals surface area contributed by atoms with Gasteiger partial charge in [0, 0.05) is 3.92 Å². The minimum absolute atomic E-state index is 0.0163. The van der Waals surface area contributed by atoms with Crippen LogP contribution in [-0.4, -0.2) is 63.0 Å². The van der Waals surface area contributed by atoms with E-state index >= 15 is 0 Å². The van der Waals surface area contributed by atoms with Crippen LogP contribution in [0.15, 0.2) is 54.1 Å². The third kappa shape index (κ3) is 10.7. The minimum atomic E-state index is -1.40. The van der Waals surface area contributed by atoms with Crippen LogP contribution in [-0.2, 0) is 25.7 Å². The van der Waals surface area contributed by atoms with Crippen LogP contribution in [0.25, 0.3) is 0 Å². The van der Waals surface area contributed by atoms with E-state index in [2.05, 4.69) is 38.5 Å². The van der Waals surface area contributed by atoms with Crippen molar-refractivity contribution in [2.75, 3.05) is 0 Å². The summed E-state index contributed by atoms with van der Waals surface area (Å²) in [5.74, 6) is -2.12. The molecule has 1 aromatic carbocycles. The molecule has 220 valence electrons. The number of alkyl carbamates (subject to hydrolysis) is 1. The van der Waals surface area contributed by atoms with Crippen LogP contribution >= 0.6 is 22.6 Å². The first kappa shape index (κ1) is 33.4. The van der Waals surface area contributed by atoms with Gasteiger partial charge in [-0.2, -0.15) is 0 Å². The van der Waals surface area contributed by atoms with E-state index in [0.717, 1.165) is 18.4 Å². The summed E-state index contributed by atoms with van der Waals surface area (Å²) in [5.41, 5.74) is 7.86. The molecule has 10 nitrogen and oxygen atoms in total. The molecule has 6 atom stereocenters. The van der Waals surface area contributed by atoms with Crippen LogP contribution in [0.2, 0.25) is 0 Å². The van der Waals surface area contributed by atoms with Gasteiger partial charge >= 0.3 is 6.09 Å². The van der Waals surface area contributed by atoms with Gasteiger partial charge in [0.1, 0.15) is 18.7 Å². The number of hydrogen-bond donors (Lipinski definition) is 5. The van der Waals surface area contributed by atoms with Crippen LogP contribution in [0, 0.1) is 5.92 Å². The number of benzene rings is 1. The molecular formula is C29H41IN4O6. The Morgan fingerprint density at radius 1 is 1.00 bits per heavy atom. The number of alkyl halides is 1. The number of rotatable bonds is 14. The lowest BCUT2D eigenvalue weighted by Crippen LogP contribution is -2.63. The highest BCUT2D eigenvalue weighted by molar-refractivity contribution is 14.1. The van der Waals surface area contributed by atoms with Crippen molar-refractivity contribution in [1.29, 1.82) is 0 Å². The Balaban J connectivity index is 2.27. The molecule has 0 aliphatic heterocycles. The first-order chi connectivity index (χ1) is 18.9. The molecule has 0 radical (unpaired) electrons. The number of aliphatic hydroxyl groups excluding tert-OH is 1. The van der Waals surface area contributed by atoms with Crippen molar-refractivity contribution in [3.05, 3.63) is 59.7 Å². The summed E-state index contributed by atoms with van der Waals surface area (Å²) in [5, 5.41) is 18.7. The zero-order valence-corrected chi connectivity index (χ0v) is 25.6. The van der Waals surface area contributed by atoms with E-state index < -0.39 is 54.1 Å². The normalized spacial score (nSPS) is 17.4. The Bertz CT molecular complexity index is 1080. The largest absolute Gasteiger partial charge is 0.445 e. The highest BCUT2D eigenvalue weighted by Crippen LogP contribution is 2.16. The lowest BCUT2D eigenvalue weighted by atomic mass is 9.93. The number of nitrogens with two attached hydrogens (primary N) is 1. The quantitative estimate of drug-likeness (QED) is 0.151. The average Bonchev–Trinajstić information content (AvgIpc) is 2.92. The van der Waals surface area contributed by atoms with E-state index in [-0.39, 0.29) is 16.3 Å². The van der Waals surface area contributed by atoms with Gasteiger partial charge in [-0.3, -0.25) is 14.4 Å². The number of halogens is 1. The summed E-state index contributed by atoms with van der Waals surface area (Å²) in [6, 6.07) is 4.62. The highest BCUT2D eigenvalue weighted by Gasteiger charge is 2.37. The van der Waals surface area contributed by atoms with Crippen molar-refractivity contribution >= 4 is 46.3 Å².